The average molecular weight is 263 g/mol. The highest BCUT2D eigenvalue weighted by Gasteiger charge is 2.09. The number of benzene rings is 2. The Morgan fingerprint density at radius 1 is 1.00 bits per heavy atom. The SMILES string of the molecule is O=C(CSc1ccccc1)c1ccccc1Cl. The summed E-state index contributed by atoms with van der Waals surface area (Å²) in [4.78, 5) is 13.0. The summed E-state index contributed by atoms with van der Waals surface area (Å²) in [5.74, 6) is 0.470. The molecule has 0 saturated carbocycles. The maximum absolute atomic E-state index is 11.9. The summed E-state index contributed by atoms with van der Waals surface area (Å²) in [5, 5.41) is 0.520. The highest BCUT2D eigenvalue weighted by atomic mass is 35.5. The molecule has 0 spiro atoms. The summed E-state index contributed by atoms with van der Waals surface area (Å²) in [6, 6.07) is 17.0. The first kappa shape index (κ1) is 12.2. The Morgan fingerprint density at radius 2 is 1.65 bits per heavy atom. The van der Waals surface area contributed by atoms with Gasteiger partial charge in [-0.2, -0.15) is 0 Å². The monoisotopic (exact) mass is 262 g/mol. The molecule has 1 nitrogen and oxygen atoms in total. The van der Waals surface area contributed by atoms with E-state index >= 15 is 0 Å². The second-order valence-corrected chi connectivity index (χ2v) is 4.96. The van der Waals surface area contributed by atoms with Gasteiger partial charge in [0, 0.05) is 10.5 Å². The molecule has 0 amide bonds. The first-order chi connectivity index (χ1) is 8.27. The first-order valence-corrected chi connectivity index (χ1v) is 6.59. The van der Waals surface area contributed by atoms with E-state index in [-0.39, 0.29) is 5.78 Å². The fraction of sp³-hybridized carbons (Fsp3) is 0.0714. The van der Waals surface area contributed by atoms with Gasteiger partial charge in [0.25, 0.3) is 0 Å². The Hall–Kier alpha value is -1.25. The van der Waals surface area contributed by atoms with E-state index < -0.39 is 0 Å². The Kier molecular flexibility index (Phi) is 4.24. The van der Waals surface area contributed by atoms with Gasteiger partial charge in [-0.15, -0.1) is 11.8 Å². The second kappa shape index (κ2) is 5.89. The summed E-state index contributed by atoms with van der Waals surface area (Å²) < 4.78 is 0. The van der Waals surface area contributed by atoms with E-state index in [0.29, 0.717) is 16.3 Å². The molecule has 17 heavy (non-hydrogen) atoms. The number of hydrogen-bond donors (Lipinski definition) is 0. The molecule has 2 aromatic rings. The van der Waals surface area contributed by atoms with Crippen LogP contribution in [0.2, 0.25) is 5.02 Å². The van der Waals surface area contributed by atoms with Crippen LogP contribution in [0.1, 0.15) is 10.4 Å². The van der Waals surface area contributed by atoms with E-state index in [9.17, 15) is 4.79 Å². The molecule has 86 valence electrons. The van der Waals surface area contributed by atoms with Gasteiger partial charge in [-0.25, -0.2) is 0 Å². The van der Waals surface area contributed by atoms with E-state index in [1.54, 1.807) is 12.1 Å². The van der Waals surface area contributed by atoms with Crippen molar-refractivity contribution in [3.05, 3.63) is 65.2 Å². The van der Waals surface area contributed by atoms with Gasteiger partial charge in [0.15, 0.2) is 5.78 Å². The molecule has 0 radical (unpaired) electrons. The third-order valence-electron chi connectivity index (χ3n) is 2.29. The zero-order chi connectivity index (χ0) is 12.1. The normalized spacial score (nSPS) is 10.2. The molecule has 0 bridgehead atoms. The van der Waals surface area contributed by atoms with Crippen molar-refractivity contribution >= 4 is 29.1 Å². The van der Waals surface area contributed by atoms with Crippen LogP contribution in [0.3, 0.4) is 0 Å². The maximum Gasteiger partial charge on any atom is 0.174 e. The molecular formula is C14H11ClOS. The summed E-state index contributed by atoms with van der Waals surface area (Å²) in [6.45, 7) is 0. The highest BCUT2D eigenvalue weighted by molar-refractivity contribution is 8.00. The summed E-state index contributed by atoms with van der Waals surface area (Å²) in [5.41, 5.74) is 0.595. The Morgan fingerprint density at radius 3 is 2.35 bits per heavy atom. The fourth-order valence-electron chi connectivity index (χ4n) is 1.43. The molecule has 3 heteroatoms. The van der Waals surface area contributed by atoms with Crippen LogP contribution < -0.4 is 0 Å². The van der Waals surface area contributed by atoms with Crippen LogP contribution in [-0.4, -0.2) is 11.5 Å². The minimum atomic E-state index is 0.0597. The molecule has 0 heterocycles. The quantitative estimate of drug-likeness (QED) is 0.603. The summed E-state index contributed by atoms with van der Waals surface area (Å²) >= 11 is 7.49. The smallest absolute Gasteiger partial charge is 0.174 e. The number of rotatable bonds is 4. The van der Waals surface area contributed by atoms with E-state index in [4.69, 9.17) is 11.6 Å². The van der Waals surface area contributed by atoms with Crippen molar-refractivity contribution in [3.8, 4) is 0 Å². The second-order valence-electron chi connectivity index (χ2n) is 3.50. The van der Waals surface area contributed by atoms with Crippen molar-refractivity contribution in [2.24, 2.45) is 0 Å². The molecule has 2 aromatic carbocycles. The van der Waals surface area contributed by atoms with Crippen LogP contribution in [0.5, 0.6) is 0 Å². The molecule has 0 saturated heterocycles. The molecule has 0 aliphatic carbocycles. The van der Waals surface area contributed by atoms with E-state index in [1.807, 2.05) is 42.5 Å². The molecule has 0 aliphatic rings. The van der Waals surface area contributed by atoms with Gasteiger partial charge in [-0.05, 0) is 24.3 Å². The summed E-state index contributed by atoms with van der Waals surface area (Å²) in [7, 11) is 0. The van der Waals surface area contributed by atoms with E-state index in [0.717, 1.165) is 4.90 Å². The number of hydrogen-bond acceptors (Lipinski definition) is 2. The fourth-order valence-corrected chi connectivity index (χ4v) is 2.47. The number of carbonyl (C=O) groups is 1. The van der Waals surface area contributed by atoms with Gasteiger partial charge < -0.3 is 0 Å². The van der Waals surface area contributed by atoms with Gasteiger partial charge in [-0.1, -0.05) is 41.9 Å². The predicted octanol–water partition coefficient (Wildman–Crippen LogP) is 4.32. The third-order valence-corrected chi connectivity index (χ3v) is 3.63. The van der Waals surface area contributed by atoms with Crippen molar-refractivity contribution in [2.75, 3.05) is 5.75 Å². The standard InChI is InChI=1S/C14H11ClOS/c15-13-9-5-4-8-12(13)14(16)10-17-11-6-2-1-3-7-11/h1-9H,10H2. The number of Topliss-reactive ketones (excluding diaryl/α,β-unsaturated/α-hetero) is 1. The van der Waals surface area contributed by atoms with Crippen molar-refractivity contribution in [1.29, 1.82) is 0 Å². The zero-order valence-corrected chi connectivity index (χ0v) is 10.7. The molecule has 0 N–H and O–H groups in total. The average Bonchev–Trinajstić information content (AvgIpc) is 2.38. The third kappa shape index (κ3) is 3.35. The topological polar surface area (TPSA) is 17.1 Å². The number of carbonyl (C=O) groups excluding carboxylic acids is 1. The highest BCUT2D eigenvalue weighted by Crippen LogP contribution is 2.21. The molecule has 2 rings (SSSR count). The van der Waals surface area contributed by atoms with Crippen LogP contribution >= 0.6 is 23.4 Å². The Balaban J connectivity index is 2.01. The van der Waals surface area contributed by atoms with E-state index in [1.165, 1.54) is 11.8 Å². The van der Waals surface area contributed by atoms with Gasteiger partial charge in [-0.3, -0.25) is 4.79 Å². The van der Waals surface area contributed by atoms with E-state index in [2.05, 4.69) is 0 Å². The van der Waals surface area contributed by atoms with Gasteiger partial charge in [0.05, 0.1) is 10.8 Å². The number of thioether (sulfide) groups is 1. The van der Waals surface area contributed by atoms with Crippen LogP contribution in [0.25, 0.3) is 0 Å². The minimum Gasteiger partial charge on any atom is -0.293 e. The van der Waals surface area contributed by atoms with Crippen molar-refractivity contribution in [2.45, 2.75) is 4.90 Å². The largest absolute Gasteiger partial charge is 0.293 e. The lowest BCUT2D eigenvalue weighted by molar-refractivity contribution is 0.102. The molecule has 0 unspecified atom stereocenters. The molecular weight excluding hydrogens is 252 g/mol. The van der Waals surface area contributed by atoms with Gasteiger partial charge in [0.1, 0.15) is 0 Å². The number of halogens is 1. The van der Waals surface area contributed by atoms with Crippen molar-refractivity contribution in [1.82, 2.24) is 0 Å². The Labute approximate surface area is 110 Å². The van der Waals surface area contributed by atoms with Crippen LogP contribution in [-0.2, 0) is 0 Å². The molecule has 0 aromatic heterocycles. The lowest BCUT2D eigenvalue weighted by atomic mass is 10.1. The van der Waals surface area contributed by atoms with Crippen LogP contribution in [0, 0.1) is 0 Å². The number of ketones is 1. The summed E-state index contributed by atoms with van der Waals surface area (Å²) in [6.07, 6.45) is 0. The predicted molar refractivity (Wildman–Crippen MR) is 72.9 cm³/mol. The van der Waals surface area contributed by atoms with Crippen LogP contribution in [0.4, 0.5) is 0 Å². The molecule has 0 fully saturated rings. The maximum atomic E-state index is 11.9. The zero-order valence-electron chi connectivity index (χ0n) is 9.10. The molecule has 0 atom stereocenters. The molecule has 0 aliphatic heterocycles. The van der Waals surface area contributed by atoms with Crippen molar-refractivity contribution < 1.29 is 4.79 Å². The van der Waals surface area contributed by atoms with Gasteiger partial charge in [0.2, 0.25) is 0 Å². The van der Waals surface area contributed by atoms with Gasteiger partial charge >= 0.3 is 0 Å². The lowest BCUT2D eigenvalue weighted by Gasteiger charge is -2.03. The van der Waals surface area contributed by atoms with Crippen molar-refractivity contribution in [3.63, 3.8) is 0 Å². The van der Waals surface area contributed by atoms with Crippen LogP contribution in [0.15, 0.2) is 59.5 Å². The minimum absolute atomic E-state index is 0.0597. The first-order valence-electron chi connectivity index (χ1n) is 5.23. The lowest BCUT2D eigenvalue weighted by Crippen LogP contribution is -2.02. The Bertz CT molecular complexity index is 511.